The molecule has 0 saturated heterocycles. The molecule has 0 saturated carbocycles. The van der Waals surface area contributed by atoms with Crippen molar-refractivity contribution in [3.63, 3.8) is 0 Å². The lowest BCUT2D eigenvalue weighted by Gasteiger charge is -2.09. The lowest BCUT2D eigenvalue weighted by atomic mass is 10.2. The van der Waals surface area contributed by atoms with E-state index in [1.54, 1.807) is 14.2 Å². The number of hydrogen-bond donors (Lipinski definition) is 2. The van der Waals surface area contributed by atoms with E-state index in [1.807, 2.05) is 32.0 Å². The molecule has 2 heterocycles. The van der Waals surface area contributed by atoms with Crippen molar-refractivity contribution in [3.05, 3.63) is 60.4 Å². The second-order valence-electron chi connectivity index (χ2n) is 8.19. The van der Waals surface area contributed by atoms with Gasteiger partial charge in [0.25, 0.3) is 0 Å². The first-order valence-electron chi connectivity index (χ1n) is 10.6. The summed E-state index contributed by atoms with van der Waals surface area (Å²) >= 11 is 0. The van der Waals surface area contributed by atoms with Crippen LogP contribution in [0.2, 0.25) is 0 Å². The predicted molar refractivity (Wildman–Crippen MR) is 129 cm³/mol. The highest BCUT2D eigenvalue weighted by Crippen LogP contribution is 2.25. The number of nitrogens with two attached hydrogens (primary N) is 2. The Hall–Kier alpha value is -2.96. The first-order chi connectivity index (χ1) is 14.8. The number of fused-ring (bicyclic) bond motifs is 2. The van der Waals surface area contributed by atoms with Crippen molar-refractivity contribution in [2.45, 2.75) is 45.9 Å². The van der Waals surface area contributed by atoms with Gasteiger partial charge in [-0.05, 0) is 62.1 Å². The van der Waals surface area contributed by atoms with Crippen LogP contribution < -0.4 is 20.9 Å². The fourth-order valence-electron chi connectivity index (χ4n) is 3.80. The SMILES string of the molecule is COc1ccc2c(C)cn(CC(C)N)c2c1.COc1ccc2ccn(C[C@H](C)N)c2c1. The number of hydrogen-bond acceptors (Lipinski definition) is 4. The average molecular weight is 423 g/mol. The van der Waals surface area contributed by atoms with Crippen LogP contribution in [0.4, 0.5) is 0 Å². The third kappa shape index (κ3) is 5.40. The van der Waals surface area contributed by atoms with Crippen LogP contribution >= 0.6 is 0 Å². The zero-order chi connectivity index (χ0) is 22.5. The van der Waals surface area contributed by atoms with E-state index in [9.17, 15) is 0 Å². The summed E-state index contributed by atoms with van der Waals surface area (Å²) in [5.41, 5.74) is 15.3. The van der Waals surface area contributed by atoms with Crippen molar-refractivity contribution in [1.82, 2.24) is 9.13 Å². The van der Waals surface area contributed by atoms with Crippen LogP contribution in [0.15, 0.2) is 54.9 Å². The minimum atomic E-state index is 0.154. The molecule has 2 aromatic carbocycles. The molecule has 4 aromatic rings. The van der Waals surface area contributed by atoms with Crippen LogP contribution in [0.3, 0.4) is 0 Å². The van der Waals surface area contributed by atoms with E-state index in [0.29, 0.717) is 0 Å². The zero-order valence-electron chi connectivity index (χ0n) is 19.1. The van der Waals surface area contributed by atoms with Gasteiger partial charge in [-0.15, -0.1) is 0 Å². The molecule has 0 fully saturated rings. The number of benzene rings is 2. The second kappa shape index (κ2) is 9.90. The van der Waals surface area contributed by atoms with Gasteiger partial charge in [-0.1, -0.05) is 0 Å². The highest BCUT2D eigenvalue weighted by molar-refractivity contribution is 5.85. The fraction of sp³-hybridized carbons (Fsp3) is 0.360. The molecular weight excluding hydrogens is 388 g/mol. The molecule has 0 aliphatic rings. The van der Waals surface area contributed by atoms with E-state index in [2.05, 4.69) is 52.7 Å². The molecule has 166 valence electrons. The van der Waals surface area contributed by atoms with Crippen LogP contribution in [0.25, 0.3) is 21.8 Å². The van der Waals surface area contributed by atoms with Crippen LogP contribution in [0.1, 0.15) is 19.4 Å². The molecule has 4 N–H and O–H groups in total. The minimum Gasteiger partial charge on any atom is -0.497 e. The van der Waals surface area contributed by atoms with E-state index in [-0.39, 0.29) is 12.1 Å². The lowest BCUT2D eigenvalue weighted by Crippen LogP contribution is -2.21. The summed E-state index contributed by atoms with van der Waals surface area (Å²) in [7, 11) is 3.37. The van der Waals surface area contributed by atoms with Gasteiger partial charge in [-0.3, -0.25) is 0 Å². The van der Waals surface area contributed by atoms with Gasteiger partial charge in [-0.2, -0.15) is 0 Å². The van der Waals surface area contributed by atoms with E-state index in [4.69, 9.17) is 20.9 Å². The van der Waals surface area contributed by atoms with E-state index >= 15 is 0 Å². The Balaban J connectivity index is 0.000000176. The average Bonchev–Trinajstić information content (AvgIpc) is 3.27. The number of nitrogens with zero attached hydrogens (tertiary/aromatic N) is 2. The summed E-state index contributed by atoms with van der Waals surface area (Å²) < 4.78 is 14.8. The molecule has 6 heteroatoms. The Bertz CT molecular complexity index is 1140. The van der Waals surface area contributed by atoms with E-state index < -0.39 is 0 Å². The smallest absolute Gasteiger partial charge is 0.120 e. The summed E-state index contributed by atoms with van der Waals surface area (Å²) in [6, 6.07) is 14.6. The van der Waals surface area contributed by atoms with E-state index in [1.165, 1.54) is 27.4 Å². The Morgan fingerprint density at radius 2 is 1.39 bits per heavy atom. The summed E-state index contributed by atoms with van der Waals surface area (Å²) in [5.74, 6) is 1.77. The van der Waals surface area contributed by atoms with Gasteiger partial charge in [0.05, 0.1) is 25.3 Å². The molecule has 0 radical (unpaired) electrons. The monoisotopic (exact) mass is 422 g/mol. The molecule has 4 rings (SSSR count). The van der Waals surface area contributed by atoms with Crippen molar-refractivity contribution in [2.75, 3.05) is 14.2 Å². The molecule has 0 bridgehead atoms. The van der Waals surface area contributed by atoms with Crippen molar-refractivity contribution >= 4 is 21.8 Å². The first-order valence-corrected chi connectivity index (χ1v) is 10.6. The largest absolute Gasteiger partial charge is 0.497 e. The van der Waals surface area contributed by atoms with Crippen LogP contribution in [0.5, 0.6) is 11.5 Å². The number of aromatic nitrogens is 2. The maximum absolute atomic E-state index is 5.84. The van der Waals surface area contributed by atoms with E-state index in [0.717, 1.165) is 24.6 Å². The third-order valence-electron chi connectivity index (χ3n) is 5.24. The number of rotatable bonds is 6. The van der Waals surface area contributed by atoms with Gasteiger partial charge < -0.3 is 30.1 Å². The normalized spacial score (nSPS) is 13.0. The highest BCUT2D eigenvalue weighted by atomic mass is 16.5. The van der Waals surface area contributed by atoms with Gasteiger partial charge in [0.15, 0.2) is 0 Å². The summed E-state index contributed by atoms with van der Waals surface area (Å²) in [5, 5.41) is 2.48. The molecule has 0 aliphatic heterocycles. The number of methoxy groups -OCH3 is 2. The van der Waals surface area contributed by atoms with Crippen molar-refractivity contribution < 1.29 is 9.47 Å². The zero-order valence-corrected chi connectivity index (χ0v) is 19.1. The molecular formula is C25H34N4O2. The molecule has 2 atom stereocenters. The third-order valence-corrected chi connectivity index (χ3v) is 5.24. The molecule has 6 nitrogen and oxygen atoms in total. The predicted octanol–water partition coefficient (Wildman–Crippen LogP) is 4.30. The maximum atomic E-state index is 5.84. The summed E-state index contributed by atoms with van der Waals surface area (Å²) in [6.45, 7) is 7.80. The lowest BCUT2D eigenvalue weighted by molar-refractivity contribution is 0.415. The minimum absolute atomic E-state index is 0.154. The quantitative estimate of drug-likeness (QED) is 0.485. The molecule has 0 aliphatic carbocycles. The molecule has 2 aromatic heterocycles. The Morgan fingerprint density at radius 1 is 0.806 bits per heavy atom. The van der Waals surface area contributed by atoms with Crippen LogP contribution in [0, 0.1) is 6.92 Å². The van der Waals surface area contributed by atoms with Crippen molar-refractivity contribution in [2.24, 2.45) is 11.5 Å². The molecule has 1 unspecified atom stereocenters. The maximum Gasteiger partial charge on any atom is 0.120 e. The standard InChI is InChI=1S/C13H18N2O.C12H16N2O/c1-9-7-15(8-10(2)14)13-6-11(16-3)4-5-12(9)13;1-9(13)8-14-6-5-10-3-4-11(15-2)7-12(10)14/h4-7,10H,8,14H2,1-3H3;3-7,9H,8,13H2,1-2H3/t;9-/m.0/s1. The summed E-state index contributed by atoms with van der Waals surface area (Å²) in [4.78, 5) is 0. The Morgan fingerprint density at radius 3 is 2.00 bits per heavy atom. The van der Waals surface area contributed by atoms with Gasteiger partial charge in [0.2, 0.25) is 0 Å². The second-order valence-corrected chi connectivity index (χ2v) is 8.19. The van der Waals surface area contributed by atoms with Gasteiger partial charge >= 0.3 is 0 Å². The highest BCUT2D eigenvalue weighted by Gasteiger charge is 2.08. The number of aryl methyl sites for hydroxylation is 1. The van der Waals surface area contributed by atoms with Gasteiger partial charge in [-0.25, -0.2) is 0 Å². The topological polar surface area (TPSA) is 80.4 Å². The molecule has 0 spiro atoms. The fourth-order valence-corrected chi connectivity index (χ4v) is 3.80. The first kappa shape index (κ1) is 22.7. The molecule has 31 heavy (non-hydrogen) atoms. The van der Waals surface area contributed by atoms with Crippen LogP contribution in [-0.2, 0) is 13.1 Å². The van der Waals surface area contributed by atoms with Crippen molar-refractivity contribution in [1.29, 1.82) is 0 Å². The Labute approximate surface area is 184 Å². The van der Waals surface area contributed by atoms with Gasteiger partial charge in [0, 0.05) is 55.1 Å². The summed E-state index contributed by atoms with van der Waals surface area (Å²) in [6.07, 6.45) is 4.21. The number of ether oxygens (including phenoxy) is 2. The molecule has 0 amide bonds. The van der Waals surface area contributed by atoms with Crippen LogP contribution in [-0.4, -0.2) is 35.4 Å². The van der Waals surface area contributed by atoms with Gasteiger partial charge in [0.1, 0.15) is 11.5 Å². The van der Waals surface area contributed by atoms with Crippen molar-refractivity contribution in [3.8, 4) is 11.5 Å². The Kier molecular flexibility index (Phi) is 7.25.